The van der Waals surface area contributed by atoms with Gasteiger partial charge in [-0.25, -0.2) is 10.2 Å². The molecule has 110 valence electrons. The molecule has 2 aromatic rings. The van der Waals surface area contributed by atoms with Crippen molar-refractivity contribution < 1.29 is 9.53 Å². The van der Waals surface area contributed by atoms with E-state index in [0.29, 0.717) is 6.54 Å². The minimum atomic E-state index is -0.420. The van der Waals surface area contributed by atoms with Crippen LogP contribution in [0.4, 0.5) is 10.5 Å². The van der Waals surface area contributed by atoms with Crippen molar-refractivity contribution in [2.24, 2.45) is 0 Å². The first-order chi connectivity index (χ1) is 10.3. The van der Waals surface area contributed by atoms with Crippen molar-refractivity contribution in [3.63, 3.8) is 0 Å². The molecule has 0 aliphatic rings. The van der Waals surface area contributed by atoms with Crippen LogP contribution in [0.5, 0.6) is 0 Å². The van der Waals surface area contributed by atoms with Gasteiger partial charge in [0.1, 0.15) is 6.61 Å². The van der Waals surface area contributed by atoms with Crippen LogP contribution in [0.15, 0.2) is 54.6 Å². The highest BCUT2D eigenvalue weighted by Gasteiger charge is 2.02. The number of hydrogen-bond donors (Lipinski definition) is 3. The molecule has 5 nitrogen and oxygen atoms in total. The van der Waals surface area contributed by atoms with Crippen LogP contribution >= 0.6 is 0 Å². The number of ether oxygens (including phenoxy) is 1. The van der Waals surface area contributed by atoms with Crippen molar-refractivity contribution in [1.29, 1.82) is 0 Å². The predicted molar refractivity (Wildman–Crippen MR) is 82.6 cm³/mol. The van der Waals surface area contributed by atoms with E-state index in [1.807, 2.05) is 54.6 Å². The summed E-state index contributed by atoms with van der Waals surface area (Å²) in [5.41, 5.74) is 8.76. The Morgan fingerprint density at radius 3 is 2.38 bits per heavy atom. The molecular weight excluding hydrogens is 266 g/mol. The van der Waals surface area contributed by atoms with E-state index < -0.39 is 6.09 Å². The number of carbonyl (C=O) groups excluding carboxylic acids is 1. The molecule has 0 saturated carbocycles. The zero-order valence-electron chi connectivity index (χ0n) is 11.9. The summed E-state index contributed by atoms with van der Waals surface area (Å²) in [4.78, 5) is 11.6. The van der Waals surface area contributed by atoms with E-state index in [4.69, 9.17) is 4.74 Å². The molecule has 0 aliphatic carbocycles. The number of carbonyl (C=O) groups is 1. The van der Waals surface area contributed by atoms with Gasteiger partial charge in [-0.3, -0.25) is 0 Å². The summed E-state index contributed by atoms with van der Waals surface area (Å²) in [7, 11) is 1.80. The Kier molecular flexibility index (Phi) is 5.60. The summed E-state index contributed by atoms with van der Waals surface area (Å²) in [6.07, 6.45) is -0.420. The second kappa shape index (κ2) is 7.91. The van der Waals surface area contributed by atoms with Crippen LogP contribution in [0.3, 0.4) is 0 Å². The molecule has 5 heteroatoms. The average Bonchev–Trinajstić information content (AvgIpc) is 2.53. The second-order valence-electron chi connectivity index (χ2n) is 4.49. The van der Waals surface area contributed by atoms with Crippen LogP contribution in [0.1, 0.15) is 11.1 Å². The van der Waals surface area contributed by atoms with Crippen LogP contribution in [0.25, 0.3) is 0 Å². The molecule has 1 amide bonds. The quantitative estimate of drug-likeness (QED) is 0.714. The summed E-state index contributed by atoms with van der Waals surface area (Å²) < 4.78 is 5.14. The largest absolute Gasteiger partial charge is 0.445 e. The molecule has 21 heavy (non-hydrogen) atoms. The van der Waals surface area contributed by atoms with Crippen molar-refractivity contribution in [3.8, 4) is 0 Å². The van der Waals surface area contributed by atoms with E-state index in [-0.39, 0.29) is 6.61 Å². The maximum absolute atomic E-state index is 11.6. The summed E-state index contributed by atoms with van der Waals surface area (Å²) in [5.74, 6) is 0. The Morgan fingerprint density at radius 2 is 1.71 bits per heavy atom. The number of alkyl carbamates (subject to hydrolysis) is 1. The fraction of sp³-hybridized carbons (Fsp3) is 0.188. The van der Waals surface area contributed by atoms with Gasteiger partial charge in [0.25, 0.3) is 0 Å². The van der Waals surface area contributed by atoms with Gasteiger partial charge in [0, 0.05) is 19.3 Å². The standard InChI is InChI=1S/C16H19N3O2/c1-17-19-15-9-7-13(8-10-15)11-18-16(20)21-12-14-5-3-2-4-6-14/h2-10,17,19H,11-12H2,1H3,(H,18,20). The highest BCUT2D eigenvalue weighted by Crippen LogP contribution is 2.08. The second-order valence-corrected chi connectivity index (χ2v) is 4.49. The lowest BCUT2D eigenvalue weighted by Gasteiger charge is -2.08. The fourth-order valence-corrected chi connectivity index (χ4v) is 1.80. The molecule has 0 fully saturated rings. The Labute approximate surface area is 124 Å². The third-order valence-electron chi connectivity index (χ3n) is 2.87. The van der Waals surface area contributed by atoms with Gasteiger partial charge in [0.15, 0.2) is 0 Å². The van der Waals surface area contributed by atoms with E-state index in [1.54, 1.807) is 7.05 Å². The molecule has 2 aromatic carbocycles. The van der Waals surface area contributed by atoms with E-state index in [9.17, 15) is 4.79 Å². The van der Waals surface area contributed by atoms with E-state index in [1.165, 1.54) is 0 Å². The summed E-state index contributed by atoms with van der Waals surface area (Å²) in [6.45, 7) is 0.713. The maximum atomic E-state index is 11.6. The minimum absolute atomic E-state index is 0.275. The molecule has 0 radical (unpaired) electrons. The zero-order chi connectivity index (χ0) is 14.9. The van der Waals surface area contributed by atoms with Gasteiger partial charge >= 0.3 is 6.09 Å². The van der Waals surface area contributed by atoms with Crippen LogP contribution in [-0.2, 0) is 17.9 Å². The van der Waals surface area contributed by atoms with Crippen molar-refractivity contribution in [2.75, 3.05) is 12.5 Å². The molecule has 0 atom stereocenters. The zero-order valence-corrected chi connectivity index (χ0v) is 11.9. The lowest BCUT2D eigenvalue weighted by atomic mass is 10.2. The number of rotatable bonds is 6. The van der Waals surface area contributed by atoms with Crippen LogP contribution in [0.2, 0.25) is 0 Å². The van der Waals surface area contributed by atoms with Crippen LogP contribution in [-0.4, -0.2) is 13.1 Å². The number of hydrazine groups is 1. The van der Waals surface area contributed by atoms with E-state index >= 15 is 0 Å². The summed E-state index contributed by atoms with van der Waals surface area (Å²) in [6, 6.07) is 17.3. The summed E-state index contributed by atoms with van der Waals surface area (Å²) >= 11 is 0. The smallest absolute Gasteiger partial charge is 0.407 e. The first kappa shape index (κ1) is 14.9. The van der Waals surface area contributed by atoms with Gasteiger partial charge in [-0.2, -0.15) is 0 Å². The predicted octanol–water partition coefficient (Wildman–Crippen LogP) is 2.66. The number of hydrogen-bond acceptors (Lipinski definition) is 4. The molecule has 0 aliphatic heterocycles. The van der Waals surface area contributed by atoms with Gasteiger partial charge in [-0.15, -0.1) is 0 Å². The highest BCUT2D eigenvalue weighted by atomic mass is 16.5. The minimum Gasteiger partial charge on any atom is -0.445 e. The Bertz CT molecular complexity index is 555. The van der Waals surface area contributed by atoms with Crippen molar-refractivity contribution in [1.82, 2.24) is 10.7 Å². The highest BCUT2D eigenvalue weighted by molar-refractivity contribution is 5.67. The van der Waals surface area contributed by atoms with Crippen LogP contribution in [0, 0.1) is 0 Å². The lowest BCUT2D eigenvalue weighted by Crippen LogP contribution is -2.23. The Balaban J connectivity index is 1.73. The van der Waals surface area contributed by atoms with Gasteiger partial charge < -0.3 is 15.5 Å². The number of anilines is 1. The van der Waals surface area contributed by atoms with E-state index in [2.05, 4.69) is 16.2 Å². The first-order valence-electron chi connectivity index (χ1n) is 6.74. The molecule has 0 bridgehead atoms. The third kappa shape index (κ3) is 5.16. The van der Waals surface area contributed by atoms with Crippen molar-refractivity contribution in [2.45, 2.75) is 13.2 Å². The molecule has 2 rings (SSSR count). The number of amides is 1. The molecule has 0 saturated heterocycles. The van der Waals surface area contributed by atoms with Crippen molar-refractivity contribution in [3.05, 3.63) is 65.7 Å². The van der Waals surface area contributed by atoms with Gasteiger partial charge in [-0.1, -0.05) is 42.5 Å². The maximum Gasteiger partial charge on any atom is 0.407 e. The third-order valence-corrected chi connectivity index (χ3v) is 2.87. The monoisotopic (exact) mass is 285 g/mol. The van der Waals surface area contributed by atoms with E-state index in [0.717, 1.165) is 16.8 Å². The SMILES string of the molecule is CNNc1ccc(CNC(=O)OCc2ccccc2)cc1. The average molecular weight is 285 g/mol. The number of benzene rings is 2. The number of nitrogens with one attached hydrogen (secondary N) is 3. The molecule has 0 unspecified atom stereocenters. The molecule has 0 spiro atoms. The normalized spacial score (nSPS) is 9.95. The molecule has 3 N–H and O–H groups in total. The molecule has 0 heterocycles. The van der Waals surface area contributed by atoms with Gasteiger partial charge in [-0.05, 0) is 23.3 Å². The topological polar surface area (TPSA) is 62.4 Å². The molecule has 0 aromatic heterocycles. The van der Waals surface area contributed by atoms with Crippen LogP contribution < -0.4 is 16.2 Å². The van der Waals surface area contributed by atoms with Gasteiger partial charge in [0.05, 0.1) is 0 Å². The lowest BCUT2D eigenvalue weighted by molar-refractivity contribution is 0.139. The summed E-state index contributed by atoms with van der Waals surface area (Å²) in [5, 5.41) is 2.72. The molecular formula is C16H19N3O2. The Hall–Kier alpha value is -2.53. The van der Waals surface area contributed by atoms with Crippen molar-refractivity contribution >= 4 is 11.8 Å². The first-order valence-corrected chi connectivity index (χ1v) is 6.74. The Morgan fingerprint density at radius 1 is 1.00 bits per heavy atom. The fourth-order valence-electron chi connectivity index (χ4n) is 1.80. The van der Waals surface area contributed by atoms with Gasteiger partial charge in [0.2, 0.25) is 0 Å².